The molecule has 0 radical (unpaired) electrons. The quantitative estimate of drug-likeness (QED) is 0.527. The fourth-order valence-corrected chi connectivity index (χ4v) is 7.51. The second-order valence-electron chi connectivity index (χ2n) is 10.9. The molecule has 0 spiro atoms. The lowest BCUT2D eigenvalue weighted by Crippen LogP contribution is -2.62. The highest BCUT2D eigenvalue weighted by Crippen LogP contribution is 2.46. The molecule has 3 N–H and O–H groups in total. The van der Waals surface area contributed by atoms with Gasteiger partial charge in [-0.3, -0.25) is 14.9 Å². The molecule has 0 bridgehead atoms. The lowest BCUT2D eigenvalue weighted by atomic mass is 9.83. The Labute approximate surface area is 215 Å². The number of halogens is 3. The molecule has 2 aliphatic heterocycles. The maximum atomic E-state index is 13.8. The van der Waals surface area contributed by atoms with Gasteiger partial charge in [-0.1, -0.05) is 38.1 Å². The van der Waals surface area contributed by atoms with Crippen molar-refractivity contribution in [3.8, 4) is 0 Å². The Hall–Kier alpha value is -1.78. The number of fused-ring (bicyclic) bond motifs is 2. The van der Waals surface area contributed by atoms with Crippen molar-refractivity contribution < 1.29 is 22.8 Å². The van der Waals surface area contributed by atoms with Gasteiger partial charge in [0.25, 0.3) is 0 Å². The molecule has 10 heteroatoms. The van der Waals surface area contributed by atoms with Gasteiger partial charge in [0.2, 0.25) is 11.8 Å². The molecular formula is C26H37F3N4O2S. The summed E-state index contributed by atoms with van der Waals surface area (Å²) >= 11 is 1.56. The third kappa shape index (κ3) is 5.41. The number of alkyl halides is 3. The van der Waals surface area contributed by atoms with E-state index in [4.69, 9.17) is 0 Å². The molecule has 3 aliphatic rings. The van der Waals surface area contributed by atoms with Gasteiger partial charge in [0, 0.05) is 6.04 Å². The second-order valence-corrected chi connectivity index (χ2v) is 12.2. The zero-order valence-corrected chi connectivity index (χ0v) is 22.1. The van der Waals surface area contributed by atoms with Crippen LogP contribution in [0, 0.1) is 5.41 Å². The minimum Gasteiger partial charge on any atom is -0.347 e. The molecule has 2 heterocycles. The predicted molar refractivity (Wildman–Crippen MR) is 135 cm³/mol. The van der Waals surface area contributed by atoms with Crippen molar-refractivity contribution in [2.75, 3.05) is 12.8 Å². The number of amides is 2. The van der Waals surface area contributed by atoms with E-state index < -0.39 is 41.7 Å². The molecule has 0 unspecified atom stereocenters. The van der Waals surface area contributed by atoms with E-state index >= 15 is 0 Å². The van der Waals surface area contributed by atoms with E-state index in [2.05, 4.69) is 22.0 Å². The third-order valence-corrected chi connectivity index (χ3v) is 9.17. The van der Waals surface area contributed by atoms with Crippen molar-refractivity contribution in [3.05, 3.63) is 35.4 Å². The molecule has 0 saturated carbocycles. The van der Waals surface area contributed by atoms with Crippen LogP contribution in [0.2, 0.25) is 0 Å². The smallest absolute Gasteiger partial charge is 0.347 e. The first-order valence-corrected chi connectivity index (χ1v) is 13.8. The Kier molecular flexibility index (Phi) is 7.98. The van der Waals surface area contributed by atoms with E-state index in [-0.39, 0.29) is 23.7 Å². The van der Waals surface area contributed by atoms with Gasteiger partial charge in [-0.15, -0.1) is 11.8 Å². The van der Waals surface area contributed by atoms with Gasteiger partial charge in [-0.25, -0.2) is 0 Å². The maximum Gasteiger partial charge on any atom is 0.405 e. The summed E-state index contributed by atoms with van der Waals surface area (Å²) in [7, 11) is 1.47. The largest absolute Gasteiger partial charge is 0.405 e. The highest BCUT2D eigenvalue weighted by molar-refractivity contribution is 7.99. The average molecular weight is 527 g/mol. The van der Waals surface area contributed by atoms with Gasteiger partial charge in [0.05, 0.1) is 17.5 Å². The van der Waals surface area contributed by atoms with E-state index in [9.17, 15) is 22.8 Å². The molecule has 2 amide bonds. The van der Waals surface area contributed by atoms with Gasteiger partial charge in [-0.05, 0) is 68.4 Å². The number of benzene rings is 1. The van der Waals surface area contributed by atoms with E-state index in [0.717, 1.165) is 24.8 Å². The molecule has 36 heavy (non-hydrogen) atoms. The first-order valence-electron chi connectivity index (χ1n) is 12.8. The van der Waals surface area contributed by atoms with Crippen LogP contribution >= 0.6 is 11.8 Å². The van der Waals surface area contributed by atoms with Crippen LogP contribution in [0.3, 0.4) is 0 Å². The minimum absolute atomic E-state index is 0.132. The van der Waals surface area contributed by atoms with Crippen LogP contribution in [0.25, 0.3) is 0 Å². The van der Waals surface area contributed by atoms with Crippen molar-refractivity contribution in [2.24, 2.45) is 5.41 Å². The van der Waals surface area contributed by atoms with Gasteiger partial charge in [0.1, 0.15) is 12.1 Å². The third-order valence-electron chi connectivity index (χ3n) is 7.92. The summed E-state index contributed by atoms with van der Waals surface area (Å²) in [5, 5.41) is 8.23. The number of hydrogen-bond acceptors (Lipinski definition) is 5. The summed E-state index contributed by atoms with van der Waals surface area (Å²) in [4.78, 5) is 29.1. The second kappa shape index (κ2) is 10.5. The monoisotopic (exact) mass is 526 g/mol. The Morgan fingerprint density at radius 1 is 1.19 bits per heavy atom. The zero-order chi connectivity index (χ0) is 26.3. The average Bonchev–Trinajstić information content (AvgIpc) is 3.01. The van der Waals surface area contributed by atoms with Crippen LogP contribution in [0.5, 0.6) is 0 Å². The van der Waals surface area contributed by atoms with Crippen molar-refractivity contribution >= 4 is 23.6 Å². The molecule has 200 valence electrons. The Bertz CT molecular complexity index is 973. The molecule has 2 fully saturated rings. The highest BCUT2D eigenvalue weighted by atomic mass is 32.2. The van der Waals surface area contributed by atoms with E-state index in [1.165, 1.54) is 19.5 Å². The SMILES string of the molecule is CN[C@@H](C)[C@@H](N[C@H]1CCS[C@H]2CC(C)(C)[C@@H](C(=O)N[C@@H]3CCCc4ccccc43)N2C1=O)C(F)(F)F. The summed E-state index contributed by atoms with van der Waals surface area (Å²) in [5.74, 6) is -0.101. The summed E-state index contributed by atoms with van der Waals surface area (Å²) in [6.45, 7) is 5.39. The first kappa shape index (κ1) is 27.3. The number of likely N-dealkylation sites (N-methyl/N-ethyl adjacent to an activating group) is 1. The van der Waals surface area contributed by atoms with Crippen LogP contribution in [-0.4, -0.2) is 65.2 Å². The molecule has 1 aliphatic carbocycles. The first-order chi connectivity index (χ1) is 16.9. The number of carbonyl (C=O) groups is 2. The van der Waals surface area contributed by atoms with E-state index in [1.807, 2.05) is 32.0 Å². The maximum absolute atomic E-state index is 13.8. The molecule has 1 aromatic rings. The Morgan fingerprint density at radius 2 is 1.92 bits per heavy atom. The van der Waals surface area contributed by atoms with Crippen molar-refractivity contribution in [1.29, 1.82) is 0 Å². The van der Waals surface area contributed by atoms with Gasteiger partial charge in [0.15, 0.2) is 0 Å². The summed E-state index contributed by atoms with van der Waals surface area (Å²) in [6, 6.07) is 3.41. The lowest BCUT2D eigenvalue weighted by Gasteiger charge is -2.37. The number of aryl methyl sites for hydroxylation is 1. The molecule has 6 nitrogen and oxygen atoms in total. The van der Waals surface area contributed by atoms with E-state index in [1.54, 1.807) is 16.7 Å². The Morgan fingerprint density at radius 3 is 2.61 bits per heavy atom. The number of rotatable bonds is 6. The molecule has 1 aromatic carbocycles. The fourth-order valence-electron chi connectivity index (χ4n) is 5.93. The molecular weight excluding hydrogens is 489 g/mol. The normalized spacial score (nSPS) is 29.6. The van der Waals surface area contributed by atoms with E-state index in [0.29, 0.717) is 12.2 Å². The summed E-state index contributed by atoms with van der Waals surface area (Å²) < 4.78 is 41.5. The van der Waals surface area contributed by atoms with Crippen LogP contribution in [0.15, 0.2) is 24.3 Å². The minimum atomic E-state index is -4.52. The predicted octanol–water partition coefficient (Wildman–Crippen LogP) is 3.77. The van der Waals surface area contributed by atoms with Crippen molar-refractivity contribution in [3.63, 3.8) is 0 Å². The fraction of sp³-hybridized carbons (Fsp3) is 0.692. The lowest BCUT2D eigenvalue weighted by molar-refractivity contribution is -0.166. The standard InChI is InChI=1S/C26H37F3N4O2S/c1-15(30-4)21(26(27,28)29)31-19-12-13-36-20-14-25(2,3)22(33(20)24(19)35)23(34)32-18-11-7-9-16-8-5-6-10-17(16)18/h5-6,8,10,15,18-22,30-31H,7,9,11-14H2,1-4H3,(H,32,34)/t15-,18+,19-,20-,21+,22+/m0/s1. The number of hydrogen-bond donors (Lipinski definition) is 3. The van der Waals surface area contributed by atoms with Gasteiger partial charge < -0.3 is 15.5 Å². The van der Waals surface area contributed by atoms with Crippen LogP contribution in [0.4, 0.5) is 13.2 Å². The van der Waals surface area contributed by atoms with Crippen molar-refractivity contribution in [1.82, 2.24) is 20.9 Å². The Balaban J connectivity index is 1.58. The molecule has 4 rings (SSSR count). The van der Waals surface area contributed by atoms with Gasteiger partial charge in [-0.2, -0.15) is 13.2 Å². The molecule has 2 saturated heterocycles. The van der Waals surface area contributed by atoms with Crippen molar-refractivity contribution in [2.45, 2.75) is 94.6 Å². The molecule has 0 aromatic heterocycles. The summed E-state index contributed by atoms with van der Waals surface area (Å²) in [5.41, 5.74) is 1.82. The highest BCUT2D eigenvalue weighted by Gasteiger charge is 2.55. The number of thioether (sulfide) groups is 1. The summed E-state index contributed by atoms with van der Waals surface area (Å²) in [6.07, 6.45) is -0.862. The molecule has 6 atom stereocenters. The van der Waals surface area contributed by atoms with Crippen LogP contribution in [0.1, 0.15) is 63.6 Å². The number of nitrogens with one attached hydrogen (secondary N) is 3. The topological polar surface area (TPSA) is 73.5 Å². The number of carbonyl (C=O) groups excluding carboxylic acids is 2. The van der Waals surface area contributed by atoms with Crippen LogP contribution < -0.4 is 16.0 Å². The zero-order valence-electron chi connectivity index (χ0n) is 21.3. The van der Waals surface area contributed by atoms with Crippen LogP contribution in [-0.2, 0) is 16.0 Å². The number of nitrogens with zero attached hydrogens (tertiary/aromatic N) is 1. The van der Waals surface area contributed by atoms with Gasteiger partial charge >= 0.3 is 6.18 Å².